The van der Waals surface area contributed by atoms with Gasteiger partial charge in [-0.25, -0.2) is 4.98 Å². The number of nitrogens with zero attached hydrogens (tertiary/aromatic N) is 1. The van der Waals surface area contributed by atoms with Crippen LogP contribution in [0, 0.1) is 0 Å². The summed E-state index contributed by atoms with van der Waals surface area (Å²) in [5, 5.41) is 5.88. The molecule has 0 atom stereocenters. The van der Waals surface area contributed by atoms with Crippen LogP contribution >= 0.6 is 0 Å². The van der Waals surface area contributed by atoms with Gasteiger partial charge in [-0.3, -0.25) is 4.79 Å². The molecule has 0 aliphatic rings. The zero-order valence-electron chi connectivity index (χ0n) is 11.5. The number of carbonyl (C=O) groups is 1. The summed E-state index contributed by atoms with van der Waals surface area (Å²) in [6, 6.07) is 11.0. The molecule has 0 bridgehead atoms. The number of hydrogen-bond acceptors (Lipinski definition) is 4. The first-order chi connectivity index (χ1) is 9.74. The average molecular weight is 271 g/mol. The standard InChI is InChI=1S/C15H17N3O2/c1-16-13-6-4-3-5-12(13)15(19)18-10-11-7-8-17-14(9-11)20-2/h3-9,16H,10H2,1-2H3,(H,18,19). The third-order valence-corrected chi connectivity index (χ3v) is 2.90. The van der Waals surface area contributed by atoms with Gasteiger partial charge in [0.05, 0.1) is 12.7 Å². The Morgan fingerprint density at radius 1 is 1.30 bits per heavy atom. The number of nitrogens with one attached hydrogen (secondary N) is 2. The van der Waals surface area contributed by atoms with E-state index in [1.165, 1.54) is 0 Å². The van der Waals surface area contributed by atoms with E-state index in [9.17, 15) is 4.79 Å². The molecule has 2 N–H and O–H groups in total. The van der Waals surface area contributed by atoms with Crippen molar-refractivity contribution < 1.29 is 9.53 Å². The van der Waals surface area contributed by atoms with Crippen LogP contribution < -0.4 is 15.4 Å². The summed E-state index contributed by atoms with van der Waals surface area (Å²) in [6.45, 7) is 0.426. The number of pyridine rings is 1. The number of methoxy groups -OCH3 is 1. The highest BCUT2D eigenvalue weighted by Crippen LogP contribution is 2.14. The maximum absolute atomic E-state index is 12.2. The largest absolute Gasteiger partial charge is 0.481 e. The molecule has 2 aromatic rings. The Morgan fingerprint density at radius 3 is 2.85 bits per heavy atom. The Hall–Kier alpha value is -2.56. The average Bonchev–Trinajstić information content (AvgIpc) is 2.52. The molecule has 0 fully saturated rings. The smallest absolute Gasteiger partial charge is 0.253 e. The Kier molecular flexibility index (Phi) is 4.55. The number of amides is 1. The Morgan fingerprint density at radius 2 is 2.10 bits per heavy atom. The molecule has 0 aliphatic heterocycles. The van der Waals surface area contributed by atoms with Gasteiger partial charge in [-0.05, 0) is 23.8 Å². The van der Waals surface area contributed by atoms with Crippen LogP contribution in [0.5, 0.6) is 5.88 Å². The van der Waals surface area contributed by atoms with Crippen molar-refractivity contribution in [2.75, 3.05) is 19.5 Å². The fraction of sp³-hybridized carbons (Fsp3) is 0.200. The van der Waals surface area contributed by atoms with Gasteiger partial charge < -0.3 is 15.4 Å². The Balaban J connectivity index is 2.04. The highest BCUT2D eigenvalue weighted by atomic mass is 16.5. The van der Waals surface area contributed by atoms with E-state index >= 15 is 0 Å². The Bertz CT molecular complexity index is 599. The van der Waals surface area contributed by atoms with Gasteiger partial charge in [0.1, 0.15) is 0 Å². The SMILES string of the molecule is CNc1ccccc1C(=O)NCc1ccnc(OC)c1. The monoisotopic (exact) mass is 271 g/mol. The second kappa shape index (κ2) is 6.56. The van der Waals surface area contributed by atoms with Crippen molar-refractivity contribution in [3.63, 3.8) is 0 Å². The second-order valence-corrected chi connectivity index (χ2v) is 4.18. The molecule has 1 aromatic carbocycles. The molecule has 20 heavy (non-hydrogen) atoms. The summed E-state index contributed by atoms with van der Waals surface area (Å²) in [5.41, 5.74) is 2.36. The van der Waals surface area contributed by atoms with Crippen molar-refractivity contribution in [1.82, 2.24) is 10.3 Å². The van der Waals surface area contributed by atoms with Crippen LogP contribution in [0.1, 0.15) is 15.9 Å². The predicted molar refractivity (Wildman–Crippen MR) is 77.9 cm³/mol. The number of carbonyl (C=O) groups excluding carboxylic acids is 1. The van der Waals surface area contributed by atoms with E-state index in [0.717, 1.165) is 11.3 Å². The molecular weight excluding hydrogens is 254 g/mol. The Labute approximate surface area is 118 Å². The van der Waals surface area contributed by atoms with Crippen LogP contribution in [0.15, 0.2) is 42.6 Å². The van der Waals surface area contributed by atoms with Crippen molar-refractivity contribution in [3.8, 4) is 5.88 Å². The van der Waals surface area contributed by atoms with Crippen LogP contribution in [0.4, 0.5) is 5.69 Å². The molecule has 1 amide bonds. The van der Waals surface area contributed by atoms with Gasteiger partial charge in [-0.1, -0.05) is 12.1 Å². The number of benzene rings is 1. The maximum atomic E-state index is 12.2. The highest BCUT2D eigenvalue weighted by Gasteiger charge is 2.09. The molecule has 0 saturated carbocycles. The summed E-state index contributed by atoms with van der Waals surface area (Å²) in [4.78, 5) is 16.2. The third-order valence-electron chi connectivity index (χ3n) is 2.90. The molecule has 0 unspecified atom stereocenters. The molecule has 0 spiro atoms. The van der Waals surface area contributed by atoms with Crippen molar-refractivity contribution in [1.29, 1.82) is 0 Å². The lowest BCUT2D eigenvalue weighted by atomic mass is 10.1. The number of anilines is 1. The maximum Gasteiger partial charge on any atom is 0.253 e. The first-order valence-electron chi connectivity index (χ1n) is 6.28. The lowest BCUT2D eigenvalue weighted by molar-refractivity contribution is 0.0951. The third kappa shape index (κ3) is 3.26. The fourth-order valence-electron chi connectivity index (χ4n) is 1.85. The van der Waals surface area contributed by atoms with E-state index in [1.807, 2.05) is 24.3 Å². The van der Waals surface area contributed by atoms with E-state index in [1.54, 1.807) is 32.5 Å². The fourth-order valence-corrected chi connectivity index (χ4v) is 1.85. The number of ether oxygens (including phenoxy) is 1. The van der Waals surface area contributed by atoms with Gasteiger partial charge in [0.2, 0.25) is 5.88 Å². The van der Waals surface area contributed by atoms with E-state index in [2.05, 4.69) is 15.6 Å². The van der Waals surface area contributed by atoms with Gasteiger partial charge in [0.25, 0.3) is 5.91 Å². The molecule has 0 saturated heterocycles. The normalized spacial score (nSPS) is 9.90. The van der Waals surface area contributed by atoms with Crippen molar-refractivity contribution in [2.45, 2.75) is 6.54 Å². The minimum Gasteiger partial charge on any atom is -0.481 e. The summed E-state index contributed by atoms with van der Waals surface area (Å²) in [5.74, 6) is 0.415. The highest BCUT2D eigenvalue weighted by molar-refractivity contribution is 5.99. The molecule has 1 aromatic heterocycles. The lowest BCUT2D eigenvalue weighted by Gasteiger charge is -2.10. The van der Waals surface area contributed by atoms with Gasteiger partial charge in [0, 0.05) is 31.5 Å². The summed E-state index contributed by atoms with van der Waals surface area (Å²) < 4.78 is 5.05. The van der Waals surface area contributed by atoms with E-state index < -0.39 is 0 Å². The van der Waals surface area contributed by atoms with Gasteiger partial charge in [-0.2, -0.15) is 0 Å². The van der Waals surface area contributed by atoms with E-state index in [4.69, 9.17) is 4.74 Å². The van der Waals surface area contributed by atoms with Gasteiger partial charge >= 0.3 is 0 Å². The van der Waals surface area contributed by atoms with Crippen LogP contribution in [0.2, 0.25) is 0 Å². The van der Waals surface area contributed by atoms with Crippen molar-refractivity contribution in [3.05, 3.63) is 53.7 Å². The molecule has 104 valence electrons. The van der Waals surface area contributed by atoms with Gasteiger partial charge in [-0.15, -0.1) is 0 Å². The van der Waals surface area contributed by atoms with Crippen LogP contribution in [0.3, 0.4) is 0 Å². The number of para-hydroxylation sites is 1. The predicted octanol–water partition coefficient (Wildman–Crippen LogP) is 2.06. The quantitative estimate of drug-likeness (QED) is 0.873. The van der Waals surface area contributed by atoms with Crippen LogP contribution in [-0.2, 0) is 6.54 Å². The first kappa shape index (κ1) is 13.9. The van der Waals surface area contributed by atoms with E-state index in [0.29, 0.717) is 18.0 Å². The van der Waals surface area contributed by atoms with Crippen molar-refractivity contribution in [2.24, 2.45) is 0 Å². The lowest BCUT2D eigenvalue weighted by Crippen LogP contribution is -2.23. The van der Waals surface area contributed by atoms with Crippen LogP contribution in [0.25, 0.3) is 0 Å². The molecule has 0 radical (unpaired) electrons. The molecular formula is C15H17N3O2. The molecule has 2 rings (SSSR count). The summed E-state index contributed by atoms with van der Waals surface area (Å²) in [7, 11) is 3.35. The molecule has 0 aliphatic carbocycles. The van der Waals surface area contributed by atoms with Gasteiger partial charge in [0.15, 0.2) is 0 Å². The van der Waals surface area contributed by atoms with E-state index in [-0.39, 0.29) is 5.91 Å². The zero-order chi connectivity index (χ0) is 14.4. The zero-order valence-corrected chi connectivity index (χ0v) is 11.5. The molecule has 5 heteroatoms. The summed E-state index contributed by atoms with van der Waals surface area (Å²) in [6.07, 6.45) is 1.65. The number of hydrogen-bond donors (Lipinski definition) is 2. The van der Waals surface area contributed by atoms with Crippen LogP contribution in [-0.4, -0.2) is 25.0 Å². The number of rotatable bonds is 5. The minimum atomic E-state index is -0.120. The molecule has 5 nitrogen and oxygen atoms in total. The minimum absolute atomic E-state index is 0.120. The summed E-state index contributed by atoms with van der Waals surface area (Å²) >= 11 is 0. The number of aromatic nitrogens is 1. The molecule has 1 heterocycles. The first-order valence-corrected chi connectivity index (χ1v) is 6.28. The topological polar surface area (TPSA) is 63.2 Å². The second-order valence-electron chi connectivity index (χ2n) is 4.18. The van der Waals surface area contributed by atoms with Crippen molar-refractivity contribution >= 4 is 11.6 Å².